The van der Waals surface area contributed by atoms with Crippen LogP contribution in [-0.2, 0) is 0 Å². The number of aliphatic hydroxyl groups excluding tert-OH is 1. The number of piperazine rings is 1. The van der Waals surface area contributed by atoms with Crippen LogP contribution < -0.4 is 4.74 Å². The topological polar surface area (TPSA) is 56.2 Å². The summed E-state index contributed by atoms with van der Waals surface area (Å²) in [5.41, 5.74) is 0.869. The van der Waals surface area contributed by atoms with Crippen LogP contribution in [0.1, 0.15) is 18.5 Å². The minimum absolute atomic E-state index is 0.0103. The first-order chi connectivity index (χ1) is 10.1. The summed E-state index contributed by atoms with van der Waals surface area (Å²) in [5.74, 6) is 0.324. The number of phenols is 1. The second-order valence-corrected chi connectivity index (χ2v) is 5.73. The molecule has 0 radical (unpaired) electrons. The molecule has 0 saturated carbocycles. The van der Waals surface area contributed by atoms with E-state index in [9.17, 15) is 10.2 Å². The molecule has 2 rings (SSSR count). The highest BCUT2D eigenvalue weighted by Crippen LogP contribution is 2.38. The molecule has 21 heavy (non-hydrogen) atoms. The quantitative estimate of drug-likeness (QED) is 0.867. The van der Waals surface area contributed by atoms with Crippen molar-refractivity contribution in [3.8, 4) is 11.5 Å². The largest absolute Gasteiger partial charge is 0.503 e. The summed E-state index contributed by atoms with van der Waals surface area (Å²) in [6.07, 6.45) is 0. The number of benzene rings is 1. The van der Waals surface area contributed by atoms with E-state index in [2.05, 4.69) is 16.8 Å². The highest BCUT2D eigenvalue weighted by molar-refractivity contribution is 6.32. The first kappa shape index (κ1) is 16.4. The van der Waals surface area contributed by atoms with Crippen molar-refractivity contribution in [2.45, 2.75) is 13.0 Å². The van der Waals surface area contributed by atoms with Crippen molar-refractivity contribution in [3.63, 3.8) is 0 Å². The molecule has 0 spiro atoms. The summed E-state index contributed by atoms with van der Waals surface area (Å²) in [4.78, 5) is 4.50. The Bertz CT molecular complexity index is 476. The van der Waals surface area contributed by atoms with Crippen molar-refractivity contribution < 1.29 is 14.9 Å². The Labute approximate surface area is 130 Å². The Balaban J connectivity index is 2.25. The molecule has 0 bridgehead atoms. The van der Waals surface area contributed by atoms with E-state index in [1.807, 2.05) is 6.92 Å². The predicted molar refractivity (Wildman–Crippen MR) is 83.2 cm³/mol. The molecule has 1 atom stereocenters. The molecule has 1 aromatic carbocycles. The average molecular weight is 315 g/mol. The zero-order valence-electron chi connectivity index (χ0n) is 12.5. The van der Waals surface area contributed by atoms with Crippen molar-refractivity contribution >= 4 is 11.6 Å². The molecular weight excluding hydrogens is 292 g/mol. The molecule has 2 N–H and O–H groups in total. The van der Waals surface area contributed by atoms with Gasteiger partial charge in [0.25, 0.3) is 0 Å². The minimum Gasteiger partial charge on any atom is -0.503 e. The van der Waals surface area contributed by atoms with E-state index in [-0.39, 0.29) is 23.4 Å². The zero-order valence-corrected chi connectivity index (χ0v) is 13.3. The van der Waals surface area contributed by atoms with Gasteiger partial charge in [-0.3, -0.25) is 4.90 Å². The molecule has 5 nitrogen and oxygen atoms in total. The monoisotopic (exact) mass is 314 g/mol. The molecule has 0 aliphatic carbocycles. The van der Waals surface area contributed by atoms with Crippen LogP contribution in [0, 0.1) is 0 Å². The van der Waals surface area contributed by atoms with Gasteiger partial charge in [0.1, 0.15) is 0 Å². The van der Waals surface area contributed by atoms with E-state index in [1.165, 1.54) is 0 Å². The number of likely N-dealkylation sites (N-methyl/N-ethyl adjacent to an activating group) is 1. The third kappa shape index (κ3) is 3.80. The predicted octanol–water partition coefficient (Wildman–Crippen LogP) is 1.73. The van der Waals surface area contributed by atoms with Gasteiger partial charge in [0.2, 0.25) is 0 Å². The van der Waals surface area contributed by atoms with E-state index in [4.69, 9.17) is 16.3 Å². The van der Waals surface area contributed by atoms with Gasteiger partial charge in [0, 0.05) is 26.2 Å². The molecule has 1 aromatic rings. The molecule has 1 unspecified atom stereocenters. The summed E-state index contributed by atoms with van der Waals surface area (Å²) in [6, 6.07) is 3.35. The van der Waals surface area contributed by atoms with Gasteiger partial charge in [0.05, 0.1) is 24.3 Å². The molecule has 0 aromatic heterocycles. The number of rotatable bonds is 5. The van der Waals surface area contributed by atoms with Crippen LogP contribution in [0.3, 0.4) is 0 Å². The number of hydrogen-bond donors (Lipinski definition) is 2. The lowest BCUT2D eigenvalue weighted by Gasteiger charge is -2.37. The maximum Gasteiger partial charge on any atom is 0.176 e. The van der Waals surface area contributed by atoms with E-state index in [0.717, 1.165) is 31.7 Å². The van der Waals surface area contributed by atoms with Gasteiger partial charge in [-0.2, -0.15) is 0 Å². The molecule has 1 aliphatic rings. The number of ether oxygens (including phenoxy) is 1. The van der Waals surface area contributed by atoms with Gasteiger partial charge >= 0.3 is 0 Å². The fraction of sp³-hybridized carbons (Fsp3) is 0.600. The highest BCUT2D eigenvalue weighted by atomic mass is 35.5. The number of aliphatic hydroxyl groups is 1. The SMILES string of the molecule is CCOc1cc(C(CO)N2CCN(C)CC2)cc(Cl)c1O. The molecule has 6 heteroatoms. The van der Waals surface area contributed by atoms with Crippen molar-refractivity contribution in [2.24, 2.45) is 0 Å². The van der Waals surface area contributed by atoms with E-state index in [0.29, 0.717) is 12.4 Å². The van der Waals surface area contributed by atoms with Gasteiger partial charge in [-0.1, -0.05) is 11.6 Å². The van der Waals surface area contributed by atoms with Crippen LogP contribution in [0.4, 0.5) is 0 Å². The Hall–Kier alpha value is -1.01. The van der Waals surface area contributed by atoms with Crippen LogP contribution in [0.2, 0.25) is 5.02 Å². The second kappa shape index (κ2) is 7.31. The minimum atomic E-state index is -0.129. The standard InChI is InChI=1S/C15H23ClN2O3/c1-3-21-14-9-11(8-12(16)15(14)20)13(10-19)18-6-4-17(2)5-7-18/h8-9,13,19-20H,3-7,10H2,1-2H3. The molecule has 1 saturated heterocycles. The smallest absolute Gasteiger partial charge is 0.176 e. The summed E-state index contributed by atoms with van der Waals surface area (Å²) in [7, 11) is 2.09. The number of nitrogens with zero attached hydrogens (tertiary/aromatic N) is 2. The van der Waals surface area contributed by atoms with Gasteiger partial charge < -0.3 is 19.8 Å². The fourth-order valence-corrected chi connectivity index (χ4v) is 2.84. The van der Waals surface area contributed by atoms with E-state index in [1.54, 1.807) is 12.1 Å². The van der Waals surface area contributed by atoms with E-state index >= 15 is 0 Å². The molecule has 1 heterocycles. The number of hydrogen-bond acceptors (Lipinski definition) is 5. The lowest BCUT2D eigenvalue weighted by Crippen LogP contribution is -2.46. The van der Waals surface area contributed by atoms with Gasteiger partial charge in [-0.25, -0.2) is 0 Å². The van der Waals surface area contributed by atoms with Gasteiger partial charge in [-0.15, -0.1) is 0 Å². The summed E-state index contributed by atoms with van der Waals surface area (Å²) in [6.45, 7) is 6.04. The number of phenolic OH excluding ortho intramolecular Hbond substituents is 1. The fourth-order valence-electron chi connectivity index (χ4n) is 2.62. The van der Waals surface area contributed by atoms with Gasteiger partial charge in [0.15, 0.2) is 11.5 Å². The van der Waals surface area contributed by atoms with Crippen molar-refractivity contribution in [3.05, 3.63) is 22.7 Å². The molecular formula is C15H23ClN2O3. The van der Waals surface area contributed by atoms with Crippen LogP contribution in [0.25, 0.3) is 0 Å². The number of aromatic hydroxyl groups is 1. The molecule has 118 valence electrons. The Morgan fingerprint density at radius 1 is 1.29 bits per heavy atom. The molecule has 1 fully saturated rings. The first-order valence-electron chi connectivity index (χ1n) is 7.25. The summed E-state index contributed by atoms with van der Waals surface area (Å²) < 4.78 is 5.41. The third-order valence-electron chi connectivity index (χ3n) is 3.89. The number of halogens is 1. The van der Waals surface area contributed by atoms with Crippen LogP contribution in [0.5, 0.6) is 11.5 Å². The van der Waals surface area contributed by atoms with Crippen LogP contribution >= 0.6 is 11.6 Å². The Kier molecular flexibility index (Phi) is 5.70. The van der Waals surface area contributed by atoms with E-state index < -0.39 is 0 Å². The highest BCUT2D eigenvalue weighted by Gasteiger charge is 2.25. The third-order valence-corrected chi connectivity index (χ3v) is 4.18. The maximum atomic E-state index is 9.91. The molecule has 1 aliphatic heterocycles. The Morgan fingerprint density at radius 2 is 1.95 bits per heavy atom. The Morgan fingerprint density at radius 3 is 2.52 bits per heavy atom. The van der Waals surface area contributed by atoms with Crippen LogP contribution in [0.15, 0.2) is 12.1 Å². The summed E-state index contributed by atoms with van der Waals surface area (Å²) in [5, 5.41) is 19.9. The molecule has 0 amide bonds. The average Bonchev–Trinajstić information content (AvgIpc) is 2.47. The summed E-state index contributed by atoms with van der Waals surface area (Å²) >= 11 is 6.08. The normalized spacial score (nSPS) is 18.7. The van der Waals surface area contributed by atoms with Crippen LogP contribution in [-0.4, -0.2) is 66.5 Å². The van der Waals surface area contributed by atoms with Crippen molar-refractivity contribution in [1.29, 1.82) is 0 Å². The first-order valence-corrected chi connectivity index (χ1v) is 7.63. The lowest BCUT2D eigenvalue weighted by atomic mass is 10.0. The second-order valence-electron chi connectivity index (χ2n) is 5.32. The van der Waals surface area contributed by atoms with Crippen molar-refractivity contribution in [1.82, 2.24) is 9.80 Å². The zero-order chi connectivity index (χ0) is 15.4. The maximum absolute atomic E-state index is 9.91. The van der Waals surface area contributed by atoms with Crippen molar-refractivity contribution in [2.75, 3.05) is 46.4 Å². The lowest BCUT2D eigenvalue weighted by molar-refractivity contribution is 0.0746. The van der Waals surface area contributed by atoms with Gasteiger partial charge in [-0.05, 0) is 31.7 Å².